The zero-order valence-corrected chi connectivity index (χ0v) is 11.4. The summed E-state index contributed by atoms with van der Waals surface area (Å²) in [7, 11) is 0. The van der Waals surface area contributed by atoms with Crippen LogP contribution in [0.5, 0.6) is 0 Å². The van der Waals surface area contributed by atoms with Gasteiger partial charge in [-0.3, -0.25) is 0 Å². The Hall–Kier alpha value is -2.06. The van der Waals surface area contributed by atoms with Crippen LogP contribution in [0.2, 0.25) is 0 Å². The smallest absolute Gasteiger partial charge is 0.235 e. The van der Waals surface area contributed by atoms with Gasteiger partial charge in [0.05, 0.1) is 10.6 Å². The van der Waals surface area contributed by atoms with Crippen LogP contribution in [0.4, 0.5) is 0 Å². The summed E-state index contributed by atoms with van der Waals surface area (Å²) in [5.41, 5.74) is 0.833. The van der Waals surface area contributed by atoms with E-state index in [4.69, 9.17) is 4.52 Å². The lowest BCUT2D eigenvalue weighted by Crippen LogP contribution is -1.88. The fraction of sp³-hybridized carbons (Fsp3) is 0.0909. The average molecular weight is 289 g/mol. The van der Waals surface area contributed by atoms with Gasteiger partial charge in [-0.15, -0.1) is 26.6 Å². The molecule has 4 rings (SSSR count). The molecule has 0 saturated carbocycles. The van der Waals surface area contributed by atoms with Crippen LogP contribution in [0.15, 0.2) is 28.1 Å². The number of fused-ring (bicyclic) bond motifs is 1. The molecule has 0 radical (unpaired) electrons. The minimum absolute atomic E-state index is 0.658. The summed E-state index contributed by atoms with van der Waals surface area (Å²) in [6.45, 7) is 1.88. The maximum Gasteiger partial charge on any atom is 0.235 e. The Morgan fingerprint density at radius 2 is 2.26 bits per heavy atom. The number of rotatable bonds is 2. The van der Waals surface area contributed by atoms with Crippen LogP contribution in [0.3, 0.4) is 0 Å². The lowest BCUT2D eigenvalue weighted by Gasteiger charge is -1.89. The minimum atomic E-state index is 0.658. The van der Waals surface area contributed by atoms with Crippen molar-refractivity contribution in [2.45, 2.75) is 6.92 Å². The van der Waals surface area contributed by atoms with E-state index in [2.05, 4.69) is 20.5 Å². The maximum absolute atomic E-state index is 5.22. The zero-order valence-electron chi connectivity index (χ0n) is 9.77. The first kappa shape index (κ1) is 10.8. The quantitative estimate of drug-likeness (QED) is 0.567. The second kappa shape index (κ2) is 3.97. The highest BCUT2D eigenvalue weighted by Crippen LogP contribution is 2.29. The first-order valence-electron chi connectivity index (χ1n) is 5.51. The molecule has 4 aromatic heterocycles. The van der Waals surface area contributed by atoms with Crippen LogP contribution in [0.25, 0.3) is 26.4 Å². The molecule has 19 heavy (non-hydrogen) atoms. The fourth-order valence-electron chi connectivity index (χ4n) is 1.74. The van der Waals surface area contributed by atoms with Gasteiger partial charge in [0.25, 0.3) is 0 Å². The highest BCUT2D eigenvalue weighted by Gasteiger charge is 2.17. The van der Waals surface area contributed by atoms with E-state index in [-0.39, 0.29) is 0 Å². The predicted molar refractivity (Wildman–Crippen MR) is 72.2 cm³/mol. The lowest BCUT2D eigenvalue weighted by atomic mass is 10.4. The van der Waals surface area contributed by atoms with Gasteiger partial charge < -0.3 is 4.52 Å². The van der Waals surface area contributed by atoms with Crippen LogP contribution in [-0.4, -0.2) is 25.0 Å². The van der Waals surface area contributed by atoms with Crippen molar-refractivity contribution in [1.82, 2.24) is 25.0 Å². The number of thiophene rings is 1. The largest absolute Gasteiger partial charge is 0.353 e. The molecule has 0 unspecified atom stereocenters. The van der Waals surface area contributed by atoms with Crippen LogP contribution in [0.1, 0.15) is 5.69 Å². The monoisotopic (exact) mass is 289 g/mol. The van der Waals surface area contributed by atoms with Crippen molar-refractivity contribution >= 4 is 27.6 Å². The molecule has 0 aromatic carbocycles. The number of aryl methyl sites for hydroxylation is 1. The molecule has 0 aliphatic heterocycles. The molecule has 0 bridgehead atoms. The molecule has 0 saturated heterocycles. The summed E-state index contributed by atoms with van der Waals surface area (Å²) in [5.74, 6) is 1.41. The van der Waals surface area contributed by atoms with Crippen LogP contribution >= 0.6 is 22.7 Å². The van der Waals surface area contributed by atoms with E-state index >= 15 is 0 Å². The molecular weight excluding hydrogens is 282 g/mol. The molecule has 0 atom stereocenters. The second-order valence-electron chi connectivity index (χ2n) is 3.94. The number of nitrogens with zero attached hydrogens (tertiary/aromatic N) is 5. The summed E-state index contributed by atoms with van der Waals surface area (Å²) in [6, 6.07) is 5.84. The minimum Gasteiger partial charge on any atom is -0.353 e. The second-order valence-corrected chi connectivity index (χ2v) is 5.84. The highest BCUT2D eigenvalue weighted by atomic mass is 32.1. The molecule has 0 aliphatic rings. The average Bonchev–Trinajstić information content (AvgIpc) is 3.11. The van der Waals surface area contributed by atoms with Crippen molar-refractivity contribution in [1.29, 1.82) is 0 Å². The predicted octanol–water partition coefficient (Wildman–Crippen LogP) is 2.88. The standard InChI is InChI=1S/C11H7N5OS2/c1-6-5-7(17-15-6)10-14-16-9(8-3-2-4-18-8)12-13-11(16)19-10/h2-5H,1H3. The van der Waals surface area contributed by atoms with Crippen molar-refractivity contribution < 1.29 is 4.52 Å². The van der Waals surface area contributed by atoms with E-state index in [1.807, 2.05) is 30.5 Å². The normalized spacial score (nSPS) is 11.4. The highest BCUT2D eigenvalue weighted by molar-refractivity contribution is 7.19. The molecule has 0 N–H and O–H groups in total. The Balaban J connectivity index is 1.89. The first-order chi connectivity index (χ1) is 9.31. The third-order valence-corrected chi connectivity index (χ3v) is 4.35. The third-order valence-electron chi connectivity index (χ3n) is 2.57. The summed E-state index contributed by atoms with van der Waals surface area (Å²) < 4.78 is 6.96. The van der Waals surface area contributed by atoms with Gasteiger partial charge in [-0.2, -0.15) is 4.52 Å². The molecule has 8 heteroatoms. The molecule has 0 amide bonds. The van der Waals surface area contributed by atoms with Crippen molar-refractivity contribution in [2.24, 2.45) is 0 Å². The Kier molecular flexibility index (Phi) is 2.26. The molecule has 94 valence electrons. The van der Waals surface area contributed by atoms with Crippen LogP contribution < -0.4 is 0 Å². The summed E-state index contributed by atoms with van der Waals surface area (Å²) >= 11 is 3.04. The molecule has 0 aliphatic carbocycles. The van der Waals surface area contributed by atoms with Crippen molar-refractivity contribution in [3.63, 3.8) is 0 Å². The summed E-state index contributed by atoms with van der Waals surface area (Å²) in [4.78, 5) is 1.78. The first-order valence-corrected chi connectivity index (χ1v) is 7.21. The zero-order chi connectivity index (χ0) is 12.8. The Morgan fingerprint density at radius 3 is 3.00 bits per heavy atom. The number of hydrogen-bond acceptors (Lipinski definition) is 7. The number of aromatic nitrogens is 5. The van der Waals surface area contributed by atoms with E-state index in [0.717, 1.165) is 26.4 Å². The SMILES string of the molecule is Cc1cc(-c2nn3c(-c4cccs4)nnc3s2)on1. The molecule has 0 spiro atoms. The van der Waals surface area contributed by atoms with Gasteiger partial charge in [0.2, 0.25) is 4.96 Å². The van der Waals surface area contributed by atoms with Crippen LogP contribution in [-0.2, 0) is 0 Å². The molecule has 0 fully saturated rings. The van der Waals surface area contributed by atoms with E-state index in [1.165, 1.54) is 11.3 Å². The van der Waals surface area contributed by atoms with Gasteiger partial charge >= 0.3 is 0 Å². The van der Waals surface area contributed by atoms with Gasteiger partial charge in [0, 0.05) is 6.07 Å². The van der Waals surface area contributed by atoms with Crippen molar-refractivity contribution in [3.8, 4) is 21.5 Å². The van der Waals surface area contributed by atoms with E-state index in [1.54, 1.807) is 15.9 Å². The van der Waals surface area contributed by atoms with Crippen LogP contribution in [0, 0.1) is 6.92 Å². The lowest BCUT2D eigenvalue weighted by molar-refractivity contribution is 0.426. The summed E-state index contributed by atoms with van der Waals surface area (Å²) in [5, 5.41) is 19.4. The summed E-state index contributed by atoms with van der Waals surface area (Å²) in [6.07, 6.45) is 0. The molecule has 4 heterocycles. The Labute approximate surface area is 115 Å². The van der Waals surface area contributed by atoms with Crippen molar-refractivity contribution in [3.05, 3.63) is 29.3 Å². The van der Waals surface area contributed by atoms with Gasteiger partial charge in [-0.25, -0.2) is 0 Å². The molecular formula is C11H7N5OS2. The van der Waals surface area contributed by atoms with Gasteiger partial charge in [0.1, 0.15) is 0 Å². The fourth-order valence-corrected chi connectivity index (χ4v) is 3.22. The Morgan fingerprint density at radius 1 is 1.32 bits per heavy atom. The maximum atomic E-state index is 5.22. The van der Waals surface area contributed by atoms with Gasteiger partial charge in [0.15, 0.2) is 16.6 Å². The van der Waals surface area contributed by atoms with E-state index in [9.17, 15) is 0 Å². The van der Waals surface area contributed by atoms with Gasteiger partial charge in [-0.1, -0.05) is 22.6 Å². The third kappa shape index (κ3) is 1.68. The Bertz CT molecular complexity index is 842. The molecule has 4 aromatic rings. The van der Waals surface area contributed by atoms with E-state index < -0.39 is 0 Å². The van der Waals surface area contributed by atoms with Gasteiger partial charge in [-0.05, 0) is 18.4 Å². The topological polar surface area (TPSA) is 69.1 Å². The molecule has 6 nitrogen and oxygen atoms in total. The number of hydrogen-bond donors (Lipinski definition) is 0. The van der Waals surface area contributed by atoms with E-state index in [0.29, 0.717) is 5.76 Å². The van der Waals surface area contributed by atoms with Crippen molar-refractivity contribution in [2.75, 3.05) is 0 Å².